The smallest absolute Gasteiger partial charge is 0.337 e. The van der Waals surface area contributed by atoms with Gasteiger partial charge in [0.25, 0.3) is 0 Å². The van der Waals surface area contributed by atoms with Crippen molar-refractivity contribution in [1.82, 2.24) is 9.88 Å². The standard InChI is InChI=1S/C25H23ClN4O5S/c1-15(31)29-9-8-25(13-29)14-30(20-7-6-17(26)11-19(20)25)24(33)28-23-27-12-21(36-23)35-18-5-3-4-16(10-18)22(32)34-2/h3-7,10-12H,8-9,13-14H2,1-2H3,(H,27,28,33). The predicted octanol–water partition coefficient (Wildman–Crippen LogP) is 4.92. The molecule has 0 bridgehead atoms. The number of esters is 1. The molecule has 3 aromatic rings. The summed E-state index contributed by atoms with van der Waals surface area (Å²) in [5.41, 5.74) is 1.76. The van der Waals surface area contributed by atoms with Crippen LogP contribution in [0.15, 0.2) is 48.7 Å². The van der Waals surface area contributed by atoms with E-state index in [1.54, 1.807) is 42.2 Å². The Hall–Kier alpha value is -3.63. The number of carbonyl (C=O) groups is 3. The fourth-order valence-corrected chi connectivity index (χ4v) is 5.61. The molecule has 186 valence electrons. The number of fused-ring (bicyclic) bond motifs is 2. The highest BCUT2D eigenvalue weighted by atomic mass is 35.5. The van der Waals surface area contributed by atoms with Gasteiger partial charge in [-0.1, -0.05) is 29.0 Å². The van der Waals surface area contributed by atoms with E-state index < -0.39 is 5.97 Å². The number of anilines is 2. The van der Waals surface area contributed by atoms with Crippen molar-refractivity contribution in [2.75, 3.05) is 37.0 Å². The molecule has 0 saturated carbocycles. The molecule has 2 aliphatic rings. The summed E-state index contributed by atoms with van der Waals surface area (Å²) in [6.07, 6.45) is 2.26. The monoisotopic (exact) mass is 526 g/mol. The van der Waals surface area contributed by atoms with Gasteiger partial charge >= 0.3 is 12.0 Å². The number of thiazole rings is 1. The molecule has 2 aromatic carbocycles. The van der Waals surface area contributed by atoms with Gasteiger partial charge in [-0.05, 0) is 48.4 Å². The Morgan fingerprint density at radius 1 is 1.17 bits per heavy atom. The third-order valence-corrected chi connectivity index (χ3v) is 7.52. The van der Waals surface area contributed by atoms with E-state index in [-0.39, 0.29) is 17.4 Å². The van der Waals surface area contributed by atoms with Crippen molar-refractivity contribution >= 4 is 51.7 Å². The van der Waals surface area contributed by atoms with Crippen LogP contribution in [0.3, 0.4) is 0 Å². The molecule has 3 amide bonds. The van der Waals surface area contributed by atoms with Crippen molar-refractivity contribution in [3.05, 3.63) is 64.8 Å². The van der Waals surface area contributed by atoms with Gasteiger partial charge in [0.05, 0.1) is 18.9 Å². The van der Waals surface area contributed by atoms with E-state index in [1.807, 2.05) is 17.0 Å². The Balaban J connectivity index is 1.32. The third kappa shape index (κ3) is 4.49. The topological polar surface area (TPSA) is 101 Å². The Morgan fingerprint density at radius 2 is 2.00 bits per heavy atom. The highest BCUT2D eigenvalue weighted by Gasteiger charge is 2.49. The SMILES string of the molecule is COC(=O)c1cccc(Oc2cnc(NC(=O)N3CC4(CCN(C(C)=O)C4)c4cc(Cl)ccc43)s2)c1. The van der Waals surface area contributed by atoms with Crippen LogP contribution in [0.5, 0.6) is 10.8 Å². The number of nitrogens with one attached hydrogen (secondary N) is 1. The molecule has 0 aliphatic carbocycles. The molecule has 1 fully saturated rings. The van der Waals surface area contributed by atoms with E-state index >= 15 is 0 Å². The van der Waals surface area contributed by atoms with Crippen molar-refractivity contribution in [2.45, 2.75) is 18.8 Å². The van der Waals surface area contributed by atoms with Crippen LogP contribution in [-0.2, 0) is 14.9 Å². The van der Waals surface area contributed by atoms with E-state index in [1.165, 1.54) is 13.3 Å². The number of hydrogen-bond donors (Lipinski definition) is 1. The maximum Gasteiger partial charge on any atom is 0.337 e. The minimum atomic E-state index is -0.462. The zero-order valence-corrected chi connectivity index (χ0v) is 21.2. The average Bonchev–Trinajstić information content (AvgIpc) is 3.57. The molecule has 9 nitrogen and oxygen atoms in total. The van der Waals surface area contributed by atoms with Gasteiger partial charge in [0.2, 0.25) is 11.0 Å². The minimum Gasteiger partial charge on any atom is -0.465 e. The fraction of sp³-hybridized carbons (Fsp3) is 0.280. The van der Waals surface area contributed by atoms with Crippen molar-refractivity contribution < 1.29 is 23.9 Å². The predicted molar refractivity (Wildman–Crippen MR) is 136 cm³/mol. The van der Waals surface area contributed by atoms with Crippen LogP contribution >= 0.6 is 22.9 Å². The number of amides is 3. The summed E-state index contributed by atoms with van der Waals surface area (Å²) in [6, 6.07) is 11.8. The number of nitrogens with zero attached hydrogens (tertiary/aromatic N) is 3. The van der Waals surface area contributed by atoms with Gasteiger partial charge in [-0.2, -0.15) is 0 Å². The number of aromatic nitrogens is 1. The molecule has 36 heavy (non-hydrogen) atoms. The minimum absolute atomic E-state index is 0.0193. The van der Waals surface area contributed by atoms with Crippen molar-refractivity contribution in [3.8, 4) is 10.8 Å². The lowest BCUT2D eigenvalue weighted by molar-refractivity contribution is -0.127. The number of ether oxygens (including phenoxy) is 2. The number of likely N-dealkylation sites (tertiary alicyclic amines) is 1. The molecule has 5 rings (SSSR count). The lowest BCUT2D eigenvalue weighted by atomic mass is 9.81. The first-order valence-electron chi connectivity index (χ1n) is 11.2. The van der Waals surface area contributed by atoms with Crippen LogP contribution in [0.4, 0.5) is 15.6 Å². The number of urea groups is 1. The largest absolute Gasteiger partial charge is 0.465 e. The number of rotatable bonds is 4. The van der Waals surface area contributed by atoms with Crippen LogP contribution in [0.25, 0.3) is 0 Å². The molecule has 1 aromatic heterocycles. The van der Waals surface area contributed by atoms with Crippen LogP contribution < -0.4 is 15.0 Å². The Kier molecular flexibility index (Phi) is 6.31. The number of carbonyl (C=O) groups excluding carboxylic acids is 3. The molecular weight excluding hydrogens is 504 g/mol. The van der Waals surface area contributed by atoms with Crippen LogP contribution in [0.1, 0.15) is 29.3 Å². The lowest BCUT2D eigenvalue weighted by Gasteiger charge is -2.25. The lowest BCUT2D eigenvalue weighted by Crippen LogP contribution is -2.41. The Bertz CT molecular complexity index is 1360. The Labute approximate surface area is 216 Å². The van der Waals surface area contributed by atoms with Crippen LogP contribution in [-0.4, -0.2) is 54.5 Å². The maximum atomic E-state index is 13.3. The summed E-state index contributed by atoms with van der Waals surface area (Å²) < 4.78 is 10.6. The normalized spacial score (nSPS) is 18.3. The molecule has 1 N–H and O–H groups in total. The zero-order chi connectivity index (χ0) is 25.4. The van der Waals surface area contributed by atoms with Gasteiger partial charge in [0.15, 0.2) is 5.13 Å². The van der Waals surface area contributed by atoms with E-state index in [4.69, 9.17) is 21.1 Å². The molecule has 0 radical (unpaired) electrons. The van der Waals surface area contributed by atoms with E-state index in [9.17, 15) is 14.4 Å². The highest BCUT2D eigenvalue weighted by Crippen LogP contribution is 2.47. The van der Waals surface area contributed by atoms with E-state index in [2.05, 4.69) is 10.3 Å². The molecule has 3 heterocycles. The van der Waals surface area contributed by atoms with Gasteiger partial charge in [-0.3, -0.25) is 15.0 Å². The van der Waals surface area contributed by atoms with Gasteiger partial charge in [-0.15, -0.1) is 0 Å². The van der Waals surface area contributed by atoms with Gasteiger partial charge in [-0.25, -0.2) is 14.6 Å². The van der Waals surface area contributed by atoms with Gasteiger partial charge in [0.1, 0.15) is 5.75 Å². The maximum absolute atomic E-state index is 13.3. The summed E-state index contributed by atoms with van der Waals surface area (Å²) in [5.74, 6) is 0.00474. The highest BCUT2D eigenvalue weighted by molar-refractivity contribution is 7.17. The summed E-state index contributed by atoms with van der Waals surface area (Å²) >= 11 is 7.46. The van der Waals surface area contributed by atoms with Crippen molar-refractivity contribution in [3.63, 3.8) is 0 Å². The van der Waals surface area contributed by atoms with Crippen LogP contribution in [0, 0.1) is 0 Å². The quantitative estimate of drug-likeness (QED) is 0.484. The van der Waals surface area contributed by atoms with Crippen molar-refractivity contribution in [1.29, 1.82) is 0 Å². The van der Waals surface area contributed by atoms with E-state index in [0.29, 0.717) is 46.2 Å². The third-order valence-electron chi connectivity index (χ3n) is 6.50. The summed E-state index contributed by atoms with van der Waals surface area (Å²) in [4.78, 5) is 44.8. The second-order valence-electron chi connectivity index (χ2n) is 8.75. The first kappa shape index (κ1) is 24.1. The average molecular weight is 527 g/mol. The number of benzene rings is 2. The summed E-state index contributed by atoms with van der Waals surface area (Å²) in [5, 5.41) is 4.26. The van der Waals surface area contributed by atoms with Gasteiger partial charge < -0.3 is 14.4 Å². The van der Waals surface area contributed by atoms with Crippen molar-refractivity contribution in [2.24, 2.45) is 0 Å². The molecule has 1 atom stereocenters. The molecule has 2 aliphatic heterocycles. The molecular formula is C25H23ClN4O5S. The number of halogens is 1. The number of methoxy groups -OCH3 is 1. The summed E-state index contributed by atoms with van der Waals surface area (Å²) in [7, 11) is 1.31. The second-order valence-corrected chi connectivity index (χ2v) is 10.2. The van der Waals surface area contributed by atoms with Gasteiger partial charge in [0, 0.05) is 42.7 Å². The van der Waals surface area contributed by atoms with Crippen LogP contribution in [0.2, 0.25) is 5.02 Å². The first-order chi connectivity index (χ1) is 17.3. The number of hydrogen-bond acceptors (Lipinski definition) is 7. The summed E-state index contributed by atoms with van der Waals surface area (Å²) in [6.45, 7) is 3.18. The molecule has 1 saturated heterocycles. The van der Waals surface area contributed by atoms with E-state index in [0.717, 1.165) is 29.0 Å². The zero-order valence-electron chi connectivity index (χ0n) is 19.6. The molecule has 11 heteroatoms. The fourth-order valence-electron chi connectivity index (χ4n) is 4.76. The Morgan fingerprint density at radius 3 is 2.75 bits per heavy atom. The molecule has 1 unspecified atom stereocenters. The molecule has 1 spiro atoms. The second kappa shape index (κ2) is 9.44. The first-order valence-corrected chi connectivity index (χ1v) is 12.4.